The normalized spacial score (nSPS) is 16.3. The van der Waals surface area contributed by atoms with E-state index >= 15 is 0 Å². The molecular weight excluding hydrogens is 332 g/mol. The maximum Gasteiger partial charge on any atom is 0.291 e. The molecule has 1 saturated heterocycles. The summed E-state index contributed by atoms with van der Waals surface area (Å²) in [5, 5.41) is 5.90. The van der Waals surface area contributed by atoms with E-state index in [1.54, 1.807) is 13.2 Å². The molecule has 0 N–H and O–H groups in total. The van der Waals surface area contributed by atoms with Crippen LogP contribution < -0.4 is 5.56 Å². The third-order valence-electron chi connectivity index (χ3n) is 5.11. The molecule has 7 nitrogen and oxygen atoms in total. The highest BCUT2D eigenvalue weighted by molar-refractivity contribution is 6.08. The Morgan fingerprint density at radius 3 is 2.69 bits per heavy atom. The Hall–Kier alpha value is -2.67. The average molecular weight is 354 g/mol. The molecule has 2 aromatic heterocycles. The predicted molar refractivity (Wildman–Crippen MR) is 99.2 cm³/mol. The van der Waals surface area contributed by atoms with Crippen LogP contribution in [0.2, 0.25) is 0 Å². The number of aromatic nitrogens is 3. The first-order valence-electron chi connectivity index (χ1n) is 8.95. The van der Waals surface area contributed by atoms with Gasteiger partial charge in [-0.1, -0.05) is 25.1 Å². The van der Waals surface area contributed by atoms with Crippen LogP contribution in [0, 0.1) is 0 Å². The number of nitrogens with zero attached hydrogens (tertiary/aromatic N) is 4. The summed E-state index contributed by atoms with van der Waals surface area (Å²) >= 11 is 0. The minimum absolute atomic E-state index is 0.0392. The Balaban J connectivity index is 1.96. The second-order valence-corrected chi connectivity index (χ2v) is 6.58. The van der Waals surface area contributed by atoms with E-state index in [1.807, 2.05) is 40.7 Å². The number of ether oxygens (including phenoxy) is 1. The molecule has 0 radical (unpaired) electrons. The second-order valence-electron chi connectivity index (χ2n) is 6.58. The summed E-state index contributed by atoms with van der Waals surface area (Å²) in [7, 11) is 1.63. The van der Waals surface area contributed by atoms with Gasteiger partial charge in [0.05, 0.1) is 24.9 Å². The van der Waals surface area contributed by atoms with Crippen LogP contribution in [0.4, 0.5) is 0 Å². The van der Waals surface area contributed by atoms with Crippen molar-refractivity contribution >= 4 is 27.7 Å². The van der Waals surface area contributed by atoms with Crippen molar-refractivity contribution < 1.29 is 9.53 Å². The number of rotatable bonds is 3. The van der Waals surface area contributed by atoms with E-state index in [0.29, 0.717) is 38.2 Å². The quantitative estimate of drug-likeness (QED) is 0.718. The van der Waals surface area contributed by atoms with E-state index in [0.717, 1.165) is 16.3 Å². The summed E-state index contributed by atoms with van der Waals surface area (Å²) in [4.78, 5) is 27.9. The monoisotopic (exact) mass is 354 g/mol. The fourth-order valence-corrected chi connectivity index (χ4v) is 3.77. The van der Waals surface area contributed by atoms with Crippen molar-refractivity contribution in [3.8, 4) is 0 Å². The Labute approximate surface area is 150 Å². The van der Waals surface area contributed by atoms with Crippen LogP contribution in [0.5, 0.6) is 0 Å². The number of hydrogen-bond donors (Lipinski definition) is 0. The molecule has 26 heavy (non-hydrogen) atoms. The standard InChI is InChI=1S/C19H22N4O3/c1-3-15(18(24)22-8-10-26-11-9-22)23-16-7-5-4-6-13(16)14-12-20-21(2)19(25)17(14)23/h4-7,12,15H,3,8-11H2,1-2H3. The van der Waals surface area contributed by atoms with E-state index in [2.05, 4.69) is 5.10 Å². The van der Waals surface area contributed by atoms with Crippen LogP contribution in [-0.4, -0.2) is 51.5 Å². The highest BCUT2D eigenvalue weighted by Gasteiger charge is 2.29. The Morgan fingerprint density at radius 1 is 1.23 bits per heavy atom. The van der Waals surface area contributed by atoms with Crippen molar-refractivity contribution in [2.24, 2.45) is 7.05 Å². The van der Waals surface area contributed by atoms with Crippen LogP contribution in [0.3, 0.4) is 0 Å². The van der Waals surface area contributed by atoms with Gasteiger partial charge in [-0.15, -0.1) is 0 Å². The van der Waals surface area contributed by atoms with Crippen LogP contribution in [0.15, 0.2) is 35.3 Å². The van der Waals surface area contributed by atoms with Crippen molar-refractivity contribution in [3.63, 3.8) is 0 Å². The zero-order valence-electron chi connectivity index (χ0n) is 15.0. The molecule has 1 aromatic carbocycles. The van der Waals surface area contributed by atoms with Gasteiger partial charge in [0.25, 0.3) is 5.56 Å². The van der Waals surface area contributed by atoms with Crippen LogP contribution in [-0.2, 0) is 16.6 Å². The number of para-hydroxylation sites is 1. The summed E-state index contributed by atoms with van der Waals surface area (Å²) in [6.45, 7) is 4.27. The molecule has 1 atom stereocenters. The van der Waals surface area contributed by atoms with Gasteiger partial charge in [-0.05, 0) is 12.5 Å². The van der Waals surface area contributed by atoms with Gasteiger partial charge in [0.1, 0.15) is 11.6 Å². The fourth-order valence-electron chi connectivity index (χ4n) is 3.77. The van der Waals surface area contributed by atoms with Crippen LogP contribution in [0.1, 0.15) is 19.4 Å². The first kappa shape index (κ1) is 16.8. The lowest BCUT2D eigenvalue weighted by molar-refractivity contribution is -0.138. The molecular formula is C19H22N4O3. The number of amides is 1. The molecule has 4 rings (SSSR count). The van der Waals surface area contributed by atoms with E-state index in [9.17, 15) is 9.59 Å². The molecule has 3 heterocycles. The SMILES string of the molecule is CCC(C(=O)N1CCOCC1)n1c2ccccc2c2cnn(C)c(=O)c21. The summed E-state index contributed by atoms with van der Waals surface area (Å²) in [6, 6.07) is 7.38. The molecule has 0 bridgehead atoms. The molecule has 1 aliphatic rings. The zero-order chi connectivity index (χ0) is 18.3. The van der Waals surface area contributed by atoms with E-state index < -0.39 is 6.04 Å². The second kappa shape index (κ2) is 6.57. The maximum absolute atomic E-state index is 13.2. The van der Waals surface area contributed by atoms with Gasteiger partial charge in [-0.3, -0.25) is 9.59 Å². The topological polar surface area (TPSA) is 69.4 Å². The van der Waals surface area contributed by atoms with Gasteiger partial charge in [0.2, 0.25) is 5.91 Å². The molecule has 1 unspecified atom stereocenters. The molecule has 0 saturated carbocycles. The first-order chi connectivity index (χ1) is 12.6. The number of carbonyl (C=O) groups excluding carboxylic acids is 1. The Kier molecular flexibility index (Phi) is 4.24. The average Bonchev–Trinajstić information content (AvgIpc) is 3.01. The smallest absolute Gasteiger partial charge is 0.291 e. The van der Waals surface area contributed by atoms with Gasteiger partial charge < -0.3 is 14.2 Å². The van der Waals surface area contributed by atoms with E-state index in [-0.39, 0.29) is 11.5 Å². The number of fused-ring (bicyclic) bond motifs is 3. The Bertz CT molecular complexity index is 1030. The number of aryl methyl sites for hydroxylation is 1. The maximum atomic E-state index is 13.2. The lowest BCUT2D eigenvalue weighted by Gasteiger charge is -2.31. The summed E-state index contributed by atoms with van der Waals surface area (Å²) in [6.07, 6.45) is 2.32. The van der Waals surface area contributed by atoms with Crippen molar-refractivity contribution in [1.29, 1.82) is 0 Å². The molecule has 1 fully saturated rings. The van der Waals surface area contributed by atoms with Crippen molar-refractivity contribution in [3.05, 3.63) is 40.8 Å². The zero-order valence-corrected chi connectivity index (χ0v) is 15.0. The molecule has 136 valence electrons. The van der Waals surface area contributed by atoms with Gasteiger partial charge in [-0.2, -0.15) is 5.10 Å². The lowest BCUT2D eigenvalue weighted by Crippen LogP contribution is -2.44. The van der Waals surface area contributed by atoms with Gasteiger partial charge in [-0.25, -0.2) is 4.68 Å². The van der Waals surface area contributed by atoms with Crippen molar-refractivity contribution in [2.75, 3.05) is 26.3 Å². The molecule has 3 aromatic rings. The van der Waals surface area contributed by atoms with Gasteiger partial charge >= 0.3 is 0 Å². The van der Waals surface area contributed by atoms with Crippen molar-refractivity contribution in [2.45, 2.75) is 19.4 Å². The first-order valence-corrected chi connectivity index (χ1v) is 8.95. The largest absolute Gasteiger partial charge is 0.378 e. The number of carbonyl (C=O) groups is 1. The third-order valence-corrected chi connectivity index (χ3v) is 5.11. The minimum atomic E-state index is -0.425. The van der Waals surface area contributed by atoms with Crippen LogP contribution in [0.25, 0.3) is 21.8 Å². The number of benzene rings is 1. The van der Waals surface area contributed by atoms with Crippen LogP contribution >= 0.6 is 0 Å². The van der Waals surface area contributed by atoms with Gasteiger partial charge in [0, 0.05) is 30.9 Å². The highest BCUT2D eigenvalue weighted by Crippen LogP contribution is 2.31. The van der Waals surface area contributed by atoms with E-state index in [4.69, 9.17) is 4.74 Å². The molecule has 1 amide bonds. The molecule has 0 aliphatic carbocycles. The summed E-state index contributed by atoms with van der Waals surface area (Å²) in [5.41, 5.74) is 1.24. The summed E-state index contributed by atoms with van der Waals surface area (Å²) < 4.78 is 8.60. The summed E-state index contributed by atoms with van der Waals surface area (Å²) in [5.74, 6) is 0.0392. The molecule has 7 heteroatoms. The lowest BCUT2D eigenvalue weighted by atomic mass is 10.1. The third kappa shape index (κ3) is 2.50. The fraction of sp³-hybridized carbons (Fsp3) is 0.421. The van der Waals surface area contributed by atoms with E-state index in [1.165, 1.54) is 4.68 Å². The molecule has 0 spiro atoms. The predicted octanol–water partition coefficient (Wildman–Crippen LogP) is 1.70. The molecule has 1 aliphatic heterocycles. The van der Waals surface area contributed by atoms with Gasteiger partial charge in [0.15, 0.2) is 0 Å². The highest BCUT2D eigenvalue weighted by atomic mass is 16.5. The van der Waals surface area contributed by atoms with Crippen molar-refractivity contribution in [1.82, 2.24) is 19.2 Å². The minimum Gasteiger partial charge on any atom is -0.378 e. The number of hydrogen-bond acceptors (Lipinski definition) is 4. The number of morpholine rings is 1. The Morgan fingerprint density at radius 2 is 1.96 bits per heavy atom.